The lowest BCUT2D eigenvalue weighted by Crippen LogP contribution is -2.27. The van der Waals surface area contributed by atoms with Gasteiger partial charge in [-0.15, -0.1) is 11.8 Å². The molecule has 0 atom stereocenters. The number of amides is 1. The van der Waals surface area contributed by atoms with E-state index in [9.17, 15) is 18.0 Å². The minimum absolute atomic E-state index is 0.0459. The van der Waals surface area contributed by atoms with Crippen LogP contribution in [0.4, 0.5) is 13.2 Å². The van der Waals surface area contributed by atoms with Gasteiger partial charge in [0.2, 0.25) is 0 Å². The van der Waals surface area contributed by atoms with Crippen LogP contribution in [-0.2, 0) is 22.2 Å². The first-order valence-corrected chi connectivity index (χ1v) is 7.78. The number of fused-ring (bicyclic) bond motifs is 1. The summed E-state index contributed by atoms with van der Waals surface area (Å²) >= 11 is 1.42. The van der Waals surface area contributed by atoms with Crippen molar-refractivity contribution in [2.75, 3.05) is 19.9 Å². The molecule has 5 nitrogen and oxygen atoms in total. The average molecular weight is 347 g/mol. The summed E-state index contributed by atoms with van der Waals surface area (Å²) in [7, 11) is 2.82. The van der Waals surface area contributed by atoms with Crippen molar-refractivity contribution in [2.24, 2.45) is 0 Å². The molecule has 0 N–H and O–H groups in total. The molecule has 0 bridgehead atoms. The first kappa shape index (κ1) is 17.6. The van der Waals surface area contributed by atoms with Gasteiger partial charge in [-0.25, -0.2) is 10.0 Å². The van der Waals surface area contributed by atoms with E-state index >= 15 is 0 Å². The Hall–Kier alpha value is -1.74. The fraction of sp³-hybridized carbons (Fsp3) is 0.429. The van der Waals surface area contributed by atoms with Crippen LogP contribution in [-0.4, -0.2) is 40.3 Å². The zero-order chi connectivity index (χ0) is 17.2. The van der Waals surface area contributed by atoms with E-state index < -0.39 is 11.7 Å². The van der Waals surface area contributed by atoms with Gasteiger partial charge in [-0.2, -0.15) is 13.2 Å². The van der Waals surface area contributed by atoms with Crippen LogP contribution in [0, 0.1) is 0 Å². The summed E-state index contributed by atoms with van der Waals surface area (Å²) in [6.45, 7) is 1.92. The van der Waals surface area contributed by atoms with Gasteiger partial charge in [-0.05, 0) is 17.9 Å². The number of alkyl halides is 3. The number of imidazole rings is 1. The number of thioether (sulfide) groups is 1. The molecule has 0 aliphatic carbocycles. The normalized spacial score (nSPS) is 11.9. The largest absolute Gasteiger partial charge is 0.416 e. The maximum absolute atomic E-state index is 12.8. The van der Waals surface area contributed by atoms with E-state index in [0.717, 1.165) is 17.2 Å². The number of hydrogen-bond donors (Lipinski definition) is 0. The van der Waals surface area contributed by atoms with Gasteiger partial charge in [0.1, 0.15) is 10.7 Å². The van der Waals surface area contributed by atoms with Gasteiger partial charge >= 0.3 is 6.18 Å². The highest BCUT2D eigenvalue weighted by Gasteiger charge is 2.31. The van der Waals surface area contributed by atoms with E-state index in [0.29, 0.717) is 16.5 Å². The molecular formula is C14H16F3N3O2S. The van der Waals surface area contributed by atoms with Crippen LogP contribution < -0.4 is 0 Å². The van der Waals surface area contributed by atoms with Gasteiger partial charge in [0, 0.05) is 13.2 Å². The molecular weight excluding hydrogens is 331 g/mol. The van der Waals surface area contributed by atoms with E-state index in [1.54, 1.807) is 4.40 Å². The minimum Gasteiger partial charge on any atom is -0.294 e. The van der Waals surface area contributed by atoms with E-state index in [-0.39, 0.29) is 18.0 Å². The van der Waals surface area contributed by atoms with Gasteiger partial charge in [0.15, 0.2) is 0 Å². The zero-order valence-electron chi connectivity index (χ0n) is 12.8. The number of hydroxylamine groups is 2. The van der Waals surface area contributed by atoms with Gasteiger partial charge in [0.25, 0.3) is 5.91 Å². The van der Waals surface area contributed by atoms with Crippen LogP contribution in [0.25, 0.3) is 5.65 Å². The molecule has 126 valence electrons. The van der Waals surface area contributed by atoms with Gasteiger partial charge in [0.05, 0.1) is 24.8 Å². The molecule has 2 aromatic heterocycles. The Kier molecular flexibility index (Phi) is 5.20. The smallest absolute Gasteiger partial charge is 0.294 e. The Morgan fingerprint density at radius 2 is 2.17 bits per heavy atom. The molecule has 0 saturated carbocycles. The van der Waals surface area contributed by atoms with Crippen molar-refractivity contribution in [3.05, 3.63) is 29.6 Å². The standard InChI is InChI=1S/C14H16F3N3O2S/c1-4-23-13-10(8-12(21)19(2)22-3)18-11-7-9(14(15,16)17)5-6-20(11)13/h5-7H,4,8H2,1-3H3. The van der Waals surface area contributed by atoms with Crippen molar-refractivity contribution >= 4 is 23.3 Å². The Morgan fingerprint density at radius 3 is 2.74 bits per heavy atom. The number of hydrogen-bond acceptors (Lipinski definition) is 4. The predicted octanol–water partition coefficient (Wildman–Crippen LogP) is 3.03. The molecule has 0 aliphatic rings. The van der Waals surface area contributed by atoms with Crippen LogP contribution >= 0.6 is 11.8 Å². The van der Waals surface area contributed by atoms with Crippen molar-refractivity contribution in [1.82, 2.24) is 14.4 Å². The molecule has 23 heavy (non-hydrogen) atoms. The SMILES string of the molecule is CCSc1c(CC(=O)N(C)OC)nc2cc(C(F)(F)F)ccn12. The summed E-state index contributed by atoms with van der Waals surface area (Å²) in [4.78, 5) is 21.0. The molecule has 0 unspecified atom stereocenters. The van der Waals surface area contributed by atoms with Crippen LogP contribution in [0.2, 0.25) is 0 Å². The molecule has 2 heterocycles. The Bertz CT molecular complexity index is 715. The summed E-state index contributed by atoms with van der Waals surface area (Å²) in [6, 6.07) is 1.98. The third kappa shape index (κ3) is 3.78. The summed E-state index contributed by atoms with van der Waals surface area (Å²) in [5, 5.41) is 1.72. The summed E-state index contributed by atoms with van der Waals surface area (Å²) in [6.07, 6.45) is -3.15. The summed E-state index contributed by atoms with van der Waals surface area (Å²) in [5.41, 5.74) is -0.168. The van der Waals surface area contributed by atoms with Gasteiger partial charge < -0.3 is 0 Å². The van der Waals surface area contributed by atoms with Crippen molar-refractivity contribution in [3.8, 4) is 0 Å². The van der Waals surface area contributed by atoms with E-state index in [2.05, 4.69) is 4.98 Å². The molecule has 2 rings (SSSR count). The van der Waals surface area contributed by atoms with Crippen LogP contribution in [0.1, 0.15) is 18.2 Å². The highest BCUT2D eigenvalue weighted by Crippen LogP contribution is 2.32. The van der Waals surface area contributed by atoms with Crippen LogP contribution in [0.3, 0.4) is 0 Å². The second kappa shape index (κ2) is 6.79. The number of nitrogens with zero attached hydrogens (tertiary/aromatic N) is 3. The minimum atomic E-state index is -4.43. The average Bonchev–Trinajstić information content (AvgIpc) is 2.82. The van der Waals surface area contributed by atoms with E-state index in [1.165, 1.54) is 32.1 Å². The number of rotatable bonds is 5. The van der Waals surface area contributed by atoms with Gasteiger partial charge in [-0.1, -0.05) is 6.92 Å². The molecule has 0 saturated heterocycles. The van der Waals surface area contributed by atoms with Crippen molar-refractivity contribution in [3.63, 3.8) is 0 Å². The fourth-order valence-electron chi connectivity index (χ4n) is 2.01. The second-order valence-corrected chi connectivity index (χ2v) is 5.94. The topological polar surface area (TPSA) is 46.8 Å². The quantitative estimate of drug-likeness (QED) is 0.616. The van der Waals surface area contributed by atoms with E-state index in [4.69, 9.17) is 4.84 Å². The lowest BCUT2D eigenvalue weighted by molar-refractivity contribution is -0.167. The number of carbonyl (C=O) groups is 1. The second-order valence-electron chi connectivity index (χ2n) is 4.69. The molecule has 0 aliphatic heterocycles. The van der Waals surface area contributed by atoms with E-state index in [1.807, 2.05) is 6.92 Å². The summed E-state index contributed by atoms with van der Waals surface area (Å²) in [5.74, 6) is 0.376. The molecule has 0 spiro atoms. The molecule has 0 fully saturated rings. The molecule has 1 amide bonds. The fourth-order valence-corrected chi connectivity index (χ4v) is 2.86. The van der Waals surface area contributed by atoms with Crippen LogP contribution in [0.15, 0.2) is 23.4 Å². The maximum Gasteiger partial charge on any atom is 0.416 e. The van der Waals surface area contributed by atoms with Crippen LogP contribution in [0.5, 0.6) is 0 Å². The highest BCUT2D eigenvalue weighted by atomic mass is 32.2. The molecule has 9 heteroatoms. The Labute approximate surface area is 135 Å². The number of pyridine rings is 1. The first-order valence-electron chi connectivity index (χ1n) is 6.79. The molecule has 0 aromatic carbocycles. The van der Waals surface area contributed by atoms with Crippen molar-refractivity contribution < 1.29 is 22.8 Å². The Balaban J connectivity index is 2.47. The zero-order valence-corrected chi connectivity index (χ0v) is 13.7. The number of halogens is 3. The van der Waals surface area contributed by atoms with Crippen molar-refractivity contribution in [2.45, 2.75) is 24.5 Å². The Morgan fingerprint density at radius 1 is 1.48 bits per heavy atom. The third-order valence-electron chi connectivity index (χ3n) is 3.20. The van der Waals surface area contributed by atoms with Crippen molar-refractivity contribution in [1.29, 1.82) is 0 Å². The maximum atomic E-state index is 12.8. The third-order valence-corrected chi connectivity index (χ3v) is 4.20. The highest BCUT2D eigenvalue weighted by molar-refractivity contribution is 7.99. The number of carbonyl (C=O) groups excluding carboxylic acids is 1. The monoisotopic (exact) mass is 347 g/mol. The predicted molar refractivity (Wildman–Crippen MR) is 80.1 cm³/mol. The molecule has 0 radical (unpaired) electrons. The molecule has 2 aromatic rings. The summed E-state index contributed by atoms with van der Waals surface area (Å²) < 4.78 is 40.0. The first-order chi connectivity index (χ1) is 10.8. The number of likely N-dealkylation sites (N-methyl/N-ethyl adjacent to an activating group) is 1. The lowest BCUT2D eigenvalue weighted by Gasteiger charge is -2.13. The lowest BCUT2D eigenvalue weighted by atomic mass is 10.2. The van der Waals surface area contributed by atoms with Gasteiger partial charge in [-0.3, -0.25) is 14.0 Å². The number of aromatic nitrogens is 2.